The molecule has 1 N–H and O–H groups in total. The number of ether oxygens (including phenoxy) is 1. The van der Waals surface area contributed by atoms with Crippen LogP contribution < -0.4 is 16.6 Å². The van der Waals surface area contributed by atoms with Crippen LogP contribution in [0.4, 0.5) is 5.95 Å². The molecular formula is C14H20N8O4. The molecular weight excluding hydrogens is 344 g/mol. The molecule has 1 saturated carbocycles. The molecule has 140 valence electrons. The fourth-order valence-electron chi connectivity index (χ4n) is 3.09. The molecule has 12 nitrogen and oxygen atoms in total. The molecule has 0 spiro atoms. The third-order valence-electron chi connectivity index (χ3n) is 4.56. The van der Waals surface area contributed by atoms with E-state index in [0.717, 1.165) is 22.1 Å². The van der Waals surface area contributed by atoms with Gasteiger partial charge in [0, 0.05) is 27.2 Å². The highest BCUT2D eigenvalue weighted by atomic mass is 16.5. The highest BCUT2D eigenvalue weighted by Crippen LogP contribution is 2.27. The molecule has 0 saturated heterocycles. The zero-order valence-electron chi connectivity index (χ0n) is 14.7. The van der Waals surface area contributed by atoms with Crippen molar-refractivity contribution in [2.75, 3.05) is 12.4 Å². The Morgan fingerprint density at radius 3 is 2.42 bits per heavy atom. The van der Waals surface area contributed by atoms with Crippen LogP contribution in [0.3, 0.4) is 0 Å². The molecule has 3 rings (SSSR count). The Balaban J connectivity index is 1.94. The van der Waals surface area contributed by atoms with Crippen LogP contribution in [0.2, 0.25) is 0 Å². The van der Waals surface area contributed by atoms with Gasteiger partial charge >= 0.3 is 5.69 Å². The summed E-state index contributed by atoms with van der Waals surface area (Å²) in [6.07, 6.45) is 2.84. The van der Waals surface area contributed by atoms with Crippen LogP contribution in [0.15, 0.2) is 9.59 Å². The van der Waals surface area contributed by atoms with Crippen LogP contribution in [0.25, 0.3) is 0 Å². The highest BCUT2D eigenvalue weighted by molar-refractivity contribution is 6.01. The van der Waals surface area contributed by atoms with Gasteiger partial charge in [0.05, 0.1) is 6.10 Å². The number of anilines is 1. The summed E-state index contributed by atoms with van der Waals surface area (Å²) in [5.74, 6) is -0.708. The molecule has 0 bridgehead atoms. The molecule has 0 unspecified atom stereocenters. The zero-order chi connectivity index (χ0) is 18.8. The third-order valence-corrected chi connectivity index (χ3v) is 4.56. The van der Waals surface area contributed by atoms with Gasteiger partial charge in [-0.25, -0.2) is 14.2 Å². The molecule has 0 aromatic carbocycles. The quantitative estimate of drug-likeness (QED) is 0.717. The van der Waals surface area contributed by atoms with E-state index in [1.807, 2.05) is 0 Å². The van der Waals surface area contributed by atoms with E-state index in [1.165, 1.54) is 18.8 Å². The molecule has 1 fully saturated rings. The molecule has 1 aliphatic rings. The minimum absolute atomic E-state index is 0.0669. The number of hydrogen-bond donors (Lipinski definition) is 1. The lowest BCUT2D eigenvalue weighted by molar-refractivity contribution is 0.0569. The Hall–Kier alpha value is -2.89. The van der Waals surface area contributed by atoms with Crippen molar-refractivity contribution >= 4 is 11.9 Å². The van der Waals surface area contributed by atoms with Crippen LogP contribution in [0.5, 0.6) is 0 Å². The average molecular weight is 364 g/mol. The van der Waals surface area contributed by atoms with Gasteiger partial charge in [-0.05, 0) is 36.1 Å². The van der Waals surface area contributed by atoms with Crippen molar-refractivity contribution in [3.63, 3.8) is 0 Å². The van der Waals surface area contributed by atoms with Gasteiger partial charge in [0.1, 0.15) is 0 Å². The fraction of sp³-hybridized carbons (Fsp3) is 0.643. The van der Waals surface area contributed by atoms with E-state index in [9.17, 15) is 14.4 Å². The molecule has 2 heterocycles. The van der Waals surface area contributed by atoms with Crippen molar-refractivity contribution in [3.8, 4) is 0 Å². The maximum atomic E-state index is 12.8. The Kier molecular flexibility index (Phi) is 4.93. The third kappa shape index (κ3) is 3.27. The summed E-state index contributed by atoms with van der Waals surface area (Å²) in [5.41, 5.74) is -1.65. The van der Waals surface area contributed by atoms with Gasteiger partial charge in [-0.3, -0.25) is 19.5 Å². The van der Waals surface area contributed by atoms with Gasteiger partial charge in [-0.1, -0.05) is 5.10 Å². The highest BCUT2D eigenvalue weighted by Gasteiger charge is 2.28. The van der Waals surface area contributed by atoms with E-state index in [-0.39, 0.29) is 23.8 Å². The lowest BCUT2D eigenvalue weighted by Crippen LogP contribution is -2.47. The number of carbonyl (C=O) groups is 1. The lowest BCUT2D eigenvalue weighted by atomic mass is 9.93. The number of tetrazole rings is 1. The van der Waals surface area contributed by atoms with Gasteiger partial charge in [0.2, 0.25) is 11.6 Å². The van der Waals surface area contributed by atoms with E-state index in [0.29, 0.717) is 12.8 Å². The molecule has 1 aliphatic carbocycles. The summed E-state index contributed by atoms with van der Waals surface area (Å²) >= 11 is 0. The number of rotatable bonds is 4. The molecule has 26 heavy (non-hydrogen) atoms. The molecule has 0 radical (unpaired) electrons. The normalized spacial score (nSPS) is 20.1. The van der Waals surface area contributed by atoms with Crippen molar-refractivity contribution in [1.29, 1.82) is 0 Å². The molecule has 2 aromatic rings. The molecule has 2 aromatic heterocycles. The van der Waals surface area contributed by atoms with Crippen LogP contribution in [0.1, 0.15) is 42.2 Å². The van der Waals surface area contributed by atoms with Crippen molar-refractivity contribution in [1.82, 2.24) is 34.6 Å². The number of nitrogens with zero attached hydrogens (tertiary/aromatic N) is 7. The standard InChI is InChI=1S/C14H20N8O4/c1-20-13(16-18-19-20)15-11(23)10-12(24)22(14(25)21(2)17-10)8-4-6-9(26-3)7-5-8/h8-9H,4-7H2,1-3H3,(H,15,16,19,23). The first-order valence-electron chi connectivity index (χ1n) is 8.18. The van der Waals surface area contributed by atoms with Gasteiger partial charge in [0.25, 0.3) is 11.5 Å². The first kappa shape index (κ1) is 17.9. The Labute approximate surface area is 147 Å². The van der Waals surface area contributed by atoms with Crippen LogP contribution in [0, 0.1) is 0 Å². The number of hydrogen-bond acceptors (Lipinski definition) is 8. The Morgan fingerprint density at radius 2 is 1.85 bits per heavy atom. The number of carbonyl (C=O) groups excluding carboxylic acids is 1. The molecule has 1 amide bonds. The topological polar surface area (TPSA) is 139 Å². The van der Waals surface area contributed by atoms with Gasteiger partial charge in [-0.15, -0.1) is 0 Å². The number of amides is 1. The maximum absolute atomic E-state index is 12.8. The van der Waals surface area contributed by atoms with E-state index in [1.54, 1.807) is 7.11 Å². The summed E-state index contributed by atoms with van der Waals surface area (Å²) in [4.78, 5) is 37.7. The van der Waals surface area contributed by atoms with E-state index in [2.05, 4.69) is 25.9 Å². The number of aryl methyl sites for hydroxylation is 2. The second-order valence-corrected chi connectivity index (χ2v) is 6.18. The van der Waals surface area contributed by atoms with Crippen molar-refractivity contribution in [2.45, 2.75) is 37.8 Å². The summed E-state index contributed by atoms with van der Waals surface area (Å²) < 4.78 is 8.67. The predicted octanol–water partition coefficient (Wildman–Crippen LogP) is -1.15. The summed E-state index contributed by atoms with van der Waals surface area (Å²) in [6.45, 7) is 0. The van der Waals surface area contributed by atoms with Crippen LogP contribution in [-0.4, -0.2) is 53.7 Å². The molecule has 0 aliphatic heterocycles. The lowest BCUT2D eigenvalue weighted by Gasteiger charge is -2.28. The van der Waals surface area contributed by atoms with Gasteiger partial charge in [-0.2, -0.15) is 5.10 Å². The number of methoxy groups -OCH3 is 1. The fourth-order valence-corrected chi connectivity index (χ4v) is 3.09. The first-order chi connectivity index (χ1) is 12.4. The van der Waals surface area contributed by atoms with E-state index >= 15 is 0 Å². The Morgan fingerprint density at radius 1 is 1.15 bits per heavy atom. The Bertz CT molecular complexity index is 922. The van der Waals surface area contributed by atoms with Crippen LogP contribution in [-0.2, 0) is 18.8 Å². The minimum atomic E-state index is -0.775. The summed E-state index contributed by atoms with van der Waals surface area (Å²) in [5, 5.41) is 16.9. The summed E-state index contributed by atoms with van der Waals surface area (Å²) in [6, 6.07) is -0.293. The molecule has 12 heteroatoms. The van der Waals surface area contributed by atoms with Crippen molar-refractivity contribution in [3.05, 3.63) is 26.5 Å². The maximum Gasteiger partial charge on any atom is 0.347 e. The van der Waals surface area contributed by atoms with Crippen LogP contribution >= 0.6 is 0 Å². The number of nitrogens with one attached hydrogen (secondary N) is 1. The van der Waals surface area contributed by atoms with E-state index in [4.69, 9.17) is 4.74 Å². The molecule has 0 atom stereocenters. The summed E-state index contributed by atoms with van der Waals surface area (Å²) in [7, 11) is 4.59. The second-order valence-electron chi connectivity index (χ2n) is 6.18. The SMILES string of the molecule is COC1CCC(n2c(=O)c(C(=O)Nc3nnnn3C)nn(C)c2=O)CC1. The smallest absolute Gasteiger partial charge is 0.347 e. The van der Waals surface area contributed by atoms with Crippen molar-refractivity contribution in [2.24, 2.45) is 14.1 Å². The zero-order valence-corrected chi connectivity index (χ0v) is 14.7. The van der Waals surface area contributed by atoms with Gasteiger partial charge < -0.3 is 4.74 Å². The minimum Gasteiger partial charge on any atom is -0.381 e. The first-order valence-corrected chi connectivity index (χ1v) is 8.18. The van der Waals surface area contributed by atoms with Crippen molar-refractivity contribution < 1.29 is 9.53 Å². The largest absolute Gasteiger partial charge is 0.381 e. The monoisotopic (exact) mass is 364 g/mol. The number of aromatic nitrogens is 7. The van der Waals surface area contributed by atoms with E-state index < -0.39 is 17.2 Å². The van der Waals surface area contributed by atoms with Gasteiger partial charge in [0.15, 0.2) is 0 Å². The second kappa shape index (κ2) is 7.15. The predicted molar refractivity (Wildman–Crippen MR) is 88.8 cm³/mol. The average Bonchev–Trinajstić information content (AvgIpc) is 3.03.